The van der Waals surface area contributed by atoms with Gasteiger partial charge < -0.3 is 18.9 Å². The molecule has 0 saturated carbocycles. The highest BCUT2D eigenvalue weighted by Crippen LogP contribution is 2.28. The second-order valence-corrected chi connectivity index (χ2v) is 4.99. The summed E-state index contributed by atoms with van der Waals surface area (Å²) in [5.41, 5.74) is 0. The van der Waals surface area contributed by atoms with E-state index in [1.54, 1.807) is 0 Å². The van der Waals surface area contributed by atoms with Crippen LogP contribution in [0.25, 0.3) is 0 Å². The van der Waals surface area contributed by atoms with Gasteiger partial charge >= 0.3 is 0 Å². The standard InChI is InChI=1S/C18H20O4/c1-2-8-16-15(7-1)19-11-5-13-21-17-9-3-4-10-18(17)22-14-6-12-20-16/h1-4,7-10H,5-6,11-14H2. The quantitative estimate of drug-likeness (QED) is 0.743. The molecule has 1 aliphatic heterocycles. The molecule has 0 aromatic heterocycles. The maximum atomic E-state index is 5.78. The van der Waals surface area contributed by atoms with Crippen LogP contribution in [0, 0.1) is 0 Å². The van der Waals surface area contributed by atoms with Crippen molar-refractivity contribution < 1.29 is 18.9 Å². The molecule has 4 heteroatoms. The lowest BCUT2D eigenvalue weighted by Gasteiger charge is -2.16. The Morgan fingerprint density at radius 3 is 1.00 bits per heavy atom. The first-order valence-electron chi connectivity index (χ1n) is 7.63. The van der Waals surface area contributed by atoms with Gasteiger partial charge in [-0.25, -0.2) is 0 Å². The molecule has 0 amide bonds. The summed E-state index contributed by atoms with van der Waals surface area (Å²) in [6.07, 6.45) is 1.59. The van der Waals surface area contributed by atoms with Gasteiger partial charge in [0.25, 0.3) is 0 Å². The van der Waals surface area contributed by atoms with E-state index in [0.717, 1.165) is 35.8 Å². The van der Waals surface area contributed by atoms with E-state index in [1.165, 1.54) is 0 Å². The van der Waals surface area contributed by atoms with Crippen LogP contribution in [0.15, 0.2) is 48.5 Å². The summed E-state index contributed by atoms with van der Waals surface area (Å²) in [7, 11) is 0. The number of hydrogen-bond acceptors (Lipinski definition) is 4. The van der Waals surface area contributed by atoms with Crippen LogP contribution >= 0.6 is 0 Å². The Hall–Kier alpha value is -2.36. The highest BCUT2D eigenvalue weighted by molar-refractivity contribution is 5.40. The summed E-state index contributed by atoms with van der Waals surface area (Å²) >= 11 is 0. The van der Waals surface area contributed by atoms with E-state index in [2.05, 4.69) is 0 Å². The number of benzene rings is 2. The van der Waals surface area contributed by atoms with Gasteiger partial charge in [-0.15, -0.1) is 0 Å². The van der Waals surface area contributed by atoms with Gasteiger partial charge in [0.15, 0.2) is 23.0 Å². The van der Waals surface area contributed by atoms with Crippen molar-refractivity contribution in [2.75, 3.05) is 26.4 Å². The summed E-state index contributed by atoms with van der Waals surface area (Å²) in [6.45, 7) is 2.35. The Labute approximate surface area is 130 Å². The van der Waals surface area contributed by atoms with Crippen molar-refractivity contribution in [1.29, 1.82) is 0 Å². The normalized spacial score (nSPS) is 15.6. The average Bonchev–Trinajstić information content (AvgIpc) is 2.56. The minimum Gasteiger partial charge on any atom is -0.490 e. The molecular weight excluding hydrogens is 280 g/mol. The number of rotatable bonds is 0. The summed E-state index contributed by atoms with van der Waals surface area (Å²) < 4.78 is 23.1. The van der Waals surface area contributed by atoms with Crippen LogP contribution in [0.2, 0.25) is 0 Å². The van der Waals surface area contributed by atoms with Crippen molar-refractivity contribution in [3.05, 3.63) is 48.5 Å². The van der Waals surface area contributed by atoms with E-state index >= 15 is 0 Å². The average molecular weight is 300 g/mol. The monoisotopic (exact) mass is 300 g/mol. The van der Waals surface area contributed by atoms with Gasteiger partial charge in [-0.05, 0) is 24.3 Å². The first kappa shape index (κ1) is 14.6. The molecule has 1 heterocycles. The van der Waals surface area contributed by atoms with E-state index in [1.807, 2.05) is 48.5 Å². The summed E-state index contributed by atoms with van der Waals surface area (Å²) in [5.74, 6) is 3.11. The minimum absolute atomic E-state index is 0.587. The topological polar surface area (TPSA) is 36.9 Å². The molecule has 116 valence electrons. The lowest BCUT2D eigenvalue weighted by atomic mass is 10.3. The molecule has 3 rings (SSSR count). The van der Waals surface area contributed by atoms with Crippen LogP contribution in [-0.4, -0.2) is 26.4 Å². The van der Waals surface area contributed by atoms with E-state index in [-0.39, 0.29) is 0 Å². The van der Waals surface area contributed by atoms with Crippen LogP contribution in [0.4, 0.5) is 0 Å². The zero-order valence-corrected chi connectivity index (χ0v) is 12.5. The molecule has 0 saturated heterocycles. The Morgan fingerprint density at radius 2 is 0.727 bits per heavy atom. The van der Waals surface area contributed by atoms with Crippen molar-refractivity contribution in [3.63, 3.8) is 0 Å². The first-order valence-corrected chi connectivity index (χ1v) is 7.63. The van der Waals surface area contributed by atoms with Crippen LogP contribution in [0.1, 0.15) is 12.8 Å². The van der Waals surface area contributed by atoms with Crippen LogP contribution in [-0.2, 0) is 0 Å². The van der Waals surface area contributed by atoms with Gasteiger partial charge in [0, 0.05) is 12.8 Å². The number of fused-ring (bicyclic) bond motifs is 2. The highest BCUT2D eigenvalue weighted by Gasteiger charge is 2.07. The van der Waals surface area contributed by atoms with Gasteiger partial charge in [0.05, 0.1) is 26.4 Å². The molecule has 22 heavy (non-hydrogen) atoms. The van der Waals surface area contributed by atoms with Gasteiger partial charge in [0.2, 0.25) is 0 Å². The van der Waals surface area contributed by atoms with E-state index in [9.17, 15) is 0 Å². The molecular formula is C18H20O4. The number of hydrogen-bond donors (Lipinski definition) is 0. The maximum absolute atomic E-state index is 5.78. The first-order chi connectivity index (χ1) is 10.9. The Morgan fingerprint density at radius 1 is 0.455 bits per heavy atom. The smallest absolute Gasteiger partial charge is 0.161 e. The van der Waals surface area contributed by atoms with Crippen LogP contribution in [0.5, 0.6) is 23.0 Å². The lowest BCUT2D eigenvalue weighted by molar-refractivity contribution is 0.203. The SMILES string of the molecule is c1ccc2c(c1)OCCCOc1ccccc1OCCCO2. The maximum Gasteiger partial charge on any atom is 0.161 e. The Kier molecular flexibility index (Phi) is 5.03. The van der Waals surface area contributed by atoms with Crippen molar-refractivity contribution in [1.82, 2.24) is 0 Å². The Bertz CT molecular complexity index is 494. The molecule has 2 aromatic rings. The second kappa shape index (κ2) is 7.59. The van der Waals surface area contributed by atoms with E-state index in [4.69, 9.17) is 18.9 Å². The molecule has 0 radical (unpaired) electrons. The predicted octanol–water partition coefficient (Wildman–Crippen LogP) is 3.70. The summed E-state index contributed by atoms with van der Waals surface area (Å²) in [6, 6.07) is 15.5. The third-order valence-corrected chi connectivity index (χ3v) is 3.31. The fourth-order valence-electron chi connectivity index (χ4n) is 2.22. The molecule has 4 nitrogen and oxygen atoms in total. The predicted molar refractivity (Wildman–Crippen MR) is 84.1 cm³/mol. The molecule has 1 aliphatic rings. The zero-order valence-electron chi connectivity index (χ0n) is 12.5. The molecule has 0 spiro atoms. The number of ether oxygens (including phenoxy) is 4. The van der Waals surface area contributed by atoms with Crippen molar-refractivity contribution in [2.45, 2.75) is 12.8 Å². The van der Waals surface area contributed by atoms with Crippen molar-refractivity contribution in [3.8, 4) is 23.0 Å². The molecule has 0 aliphatic carbocycles. The summed E-state index contributed by atoms with van der Waals surface area (Å²) in [5, 5.41) is 0. The lowest BCUT2D eigenvalue weighted by Crippen LogP contribution is -2.10. The largest absolute Gasteiger partial charge is 0.490 e. The van der Waals surface area contributed by atoms with Gasteiger partial charge in [0.1, 0.15) is 0 Å². The number of para-hydroxylation sites is 4. The van der Waals surface area contributed by atoms with E-state index < -0.39 is 0 Å². The second-order valence-electron chi connectivity index (χ2n) is 4.99. The van der Waals surface area contributed by atoms with Crippen LogP contribution in [0.3, 0.4) is 0 Å². The van der Waals surface area contributed by atoms with Gasteiger partial charge in [-0.2, -0.15) is 0 Å². The molecule has 0 unspecified atom stereocenters. The van der Waals surface area contributed by atoms with Gasteiger partial charge in [-0.3, -0.25) is 0 Å². The zero-order chi connectivity index (χ0) is 15.0. The highest BCUT2D eigenvalue weighted by atomic mass is 16.5. The van der Waals surface area contributed by atoms with Gasteiger partial charge in [-0.1, -0.05) is 24.3 Å². The third-order valence-electron chi connectivity index (χ3n) is 3.31. The third kappa shape index (κ3) is 3.85. The van der Waals surface area contributed by atoms with Crippen molar-refractivity contribution in [2.24, 2.45) is 0 Å². The summed E-state index contributed by atoms with van der Waals surface area (Å²) in [4.78, 5) is 0. The van der Waals surface area contributed by atoms with Crippen molar-refractivity contribution >= 4 is 0 Å². The minimum atomic E-state index is 0.587. The van der Waals surface area contributed by atoms with Crippen LogP contribution < -0.4 is 18.9 Å². The molecule has 0 bridgehead atoms. The molecule has 0 N–H and O–H groups in total. The fraction of sp³-hybridized carbons (Fsp3) is 0.333. The molecule has 0 fully saturated rings. The molecule has 0 atom stereocenters. The van der Waals surface area contributed by atoms with E-state index in [0.29, 0.717) is 26.4 Å². The molecule has 2 aromatic carbocycles. The Balaban J connectivity index is 1.67. The fourth-order valence-corrected chi connectivity index (χ4v) is 2.22.